The average molecular weight is 288 g/mol. The molecule has 0 aromatic rings. The second kappa shape index (κ2) is 3.45. The van der Waals surface area contributed by atoms with Crippen LogP contribution in [0.5, 0.6) is 0 Å². The molecule has 0 saturated heterocycles. The minimum atomic E-state index is -0.0982. The molecule has 4 bridgehead atoms. The van der Waals surface area contributed by atoms with Crippen LogP contribution in [-0.2, 0) is 0 Å². The minimum Gasteiger partial charge on any atom is -0.411 e. The maximum atomic E-state index is 9.36. The van der Waals surface area contributed by atoms with Crippen molar-refractivity contribution in [3.63, 3.8) is 0 Å². The number of rotatable bonds is 2. The molecule has 0 radical (unpaired) electrons. The fourth-order valence-corrected chi connectivity index (χ4v) is 6.25. The van der Waals surface area contributed by atoms with Crippen molar-refractivity contribution in [3.8, 4) is 0 Å². The Morgan fingerprint density at radius 2 is 1.88 bits per heavy atom. The summed E-state index contributed by atoms with van der Waals surface area (Å²) < 4.78 is 0.252. The van der Waals surface area contributed by atoms with Gasteiger partial charge >= 0.3 is 0 Å². The van der Waals surface area contributed by atoms with Crippen LogP contribution in [0.4, 0.5) is 0 Å². The topological polar surface area (TPSA) is 52.8 Å². The highest BCUT2D eigenvalue weighted by Gasteiger charge is 2.58. The number of alkyl halides is 1. The maximum Gasteiger partial charge on any atom is 0.0886 e. The Morgan fingerprint density at radius 1 is 1.25 bits per heavy atom. The SMILES string of the molecule is OCC(=NO)C12CC3CC(CC(Br)(C3)C1)C2. The zero-order chi connectivity index (χ0) is 11.4. The van der Waals surface area contributed by atoms with Gasteiger partial charge in [-0.15, -0.1) is 0 Å². The first-order chi connectivity index (χ1) is 7.59. The molecule has 0 heterocycles. The van der Waals surface area contributed by atoms with E-state index in [2.05, 4.69) is 21.1 Å². The standard InChI is InChI=1S/C12H18BrNO2/c13-12-4-8-1-9(5-12)3-11(2-8,7-12)10(6-15)14-16/h8-9,15-16H,1-7H2. The van der Waals surface area contributed by atoms with Gasteiger partial charge in [0, 0.05) is 9.74 Å². The maximum absolute atomic E-state index is 9.36. The van der Waals surface area contributed by atoms with E-state index >= 15 is 0 Å². The lowest BCUT2D eigenvalue weighted by Crippen LogP contribution is -2.56. The molecule has 0 aromatic carbocycles. The Labute approximate surface area is 104 Å². The van der Waals surface area contributed by atoms with Crippen molar-refractivity contribution in [3.05, 3.63) is 0 Å². The predicted molar refractivity (Wildman–Crippen MR) is 65.1 cm³/mol. The number of nitrogens with zero attached hydrogens (tertiary/aromatic N) is 1. The molecule has 4 aliphatic carbocycles. The first-order valence-electron chi connectivity index (χ1n) is 6.10. The molecule has 4 fully saturated rings. The first-order valence-corrected chi connectivity index (χ1v) is 6.90. The van der Waals surface area contributed by atoms with Crippen LogP contribution >= 0.6 is 15.9 Å². The third-order valence-electron chi connectivity index (χ3n) is 4.87. The van der Waals surface area contributed by atoms with Gasteiger partial charge in [-0.2, -0.15) is 0 Å². The predicted octanol–water partition coefficient (Wildman–Crippen LogP) is 2.54. The zero-order valence-corrected chi connectivity index (χ0v) is 10.9. The summed E-state index contributed by atoms with van der Waals surface area (Å²) in [6.45, 7) is -0.0982. The van der Waals surface area contributed by atoms with Crippen molar-refractivity contribution in [2.75, 3.05) is 6.61 Å². The largest absolute Gasteiger partial charge is 0.411 e. The third-order valence-corrected chi connectivity index (χ3v) is 5.80. The molecule has 0 spiro atoms. The zero-order valence-electron chi connectivity index (χ0n) is 9.32. The number of aliphatic hydroxyl groups is 1. The Balaban J connectivity index is 1.97. The number of aliphatic hydroxyl groups excluding tert-OH is 1. The molecule has 90 valence electrons. The highest BCUT2D eigenvalue weighted by atomic mass is 79.9. The van der Waals surface area contributed by atoms with Crippen molar-refractivity contribution in [2.24, 2.45) is 22.4 Å². The Bertz CT molecular complexity index is 328. The van der Waals surface area contributed by atoms with E-state index in [1.165, 1.54) is 19.3 Å². The molecule has 2 atom stereocenters. The summed E-state index contributed by atoms with van der Waals surface area (Å²) in [4.78, 5) is 0. The summed E-state index contributed by atoms with van der Waals surface area (Å²) >= 11 is 3.90. The second-order valence-corrected chi connectivity index (χ2v) is 7.78. The van der Waals surface area contributed by atoms with E-state index in [0.29, 0.717) is 5.71 Å². The molecule has 0 aliphatic heterocycles. The summed E-state index contributed by atoms with van der Waals surface area (Å²) in [6, 6.07) is 0. The summed E-state index contributed by atoms with van der Waals surface area (Å²) in [5.41, 5.74) is 0.599. The molecule has 4 rings (SSSR count). The van der Waals surface area contributed by atoms with E-state index in [-0.39, 0.29) is 16.3 Å². The molecule has 2 unspecified atom stereocenters. The van der Waals surface area contributed by atoms with Crippen molar-refractivity contribution in [1.29, 1.82) is 0 Å². The summed E-state index contributed by atoms with van der Waals surface area (Å²) in [7, 11) is 0. The Morgan fingerprint density at radius 3 is 2.31 bits per heavy atom. The normalized spacial score (nSPS) is 51.0. The van der Waals surface area contributed by atoms with Gasteiger partial charge in [-0.1, -0.05) is 21.1 Å². The molecule has 2 N–H and O–H groups in total. The molecule has 0 aromatic heterocycles. The van der Waals surface area contributed by atoms with Crippen LogP contribution in [-0.4, -0.2) is 27.0 Å². The summed E-state index contributed by atoms with van der Waals surface area (Å²) in [6.07, 6.45) is 7.10. The summed E-state index contributed by atoms with van der Waals surface area (Å²) in [5, 5.41) is 21.8. The lowest BCUT2D eigenvalue weighted by molar-refractivity contribution is 0.00332. The van der Waals surface area contributed by atoms with Crippen molar-refractivity contribution in [1.82, 2.24) is 0 Å². The van der Waals surface area contributed by atoms with Gasteiger partial charge in [0.1, 0.15) is 0 Å². The van der Waals surface area contributed by atoms with Gasteiger partial charge in [-0.25, -0.2) is 0 Å². The van der Waals surface area contributed by atoms with Crippen LogP contribution in [0.2, 0.25) is 0 Å². The van der Waals surface area contributed by atoms with E-state index in [9.17, 15) is 5.11 Å². The van der Waals surface area contributed by atoms with E-state index in [0.717, 1.165) is 31.1 Å². The van der Waals surface area contributed by atoms with Gasteiger partial charge < -0.3 is 10.3 Å². The second-order valence-electron chi connectivity index (χ2n) is 6.10. The van der Waals surface area contributed by atoms with Gasteiger partial charge in [0.25, 0.3) is 0 Å². The molecular formula is C12H18BrNO2. The van der Waals surface area contributed by atoms with E-state index < -0.39 is 0 Å². The van der Waals surface area contributed by atoms with Gasteiger partial charge in [0.15, 0.2) is 0 Å². The van der Waals surface area contributed by atoms with Crippen LogP contribution in [0.3, 0.4) is 0 Å². The van der Waals surface area contributed by atoms with Crippen molar-refractivity contribution >= 4 is 21.6 Å². The Kier molecular flexibility index (Phi) is 2.38. The minimum absolute atomic E-state index is 0.0168. The number of halogens is 1. The monoisotopic (exact) mass is 287 g/mol. The highest BCUT2D eigenvalue weighted by molar-refractivity contribution is 9.10. The van der Waals surface area contributed by atoms with Crippen molar-refractivity contribution in [2.45, 2.75) is 42.8 Å². The fourth-order valence-electron chi connectivity index (χ4n) is 4.79. The number of oxime groups is 1. The van der Waals surface area contributed by atoms with Crippen LogP contribution in [0.15, 0.2) is 5.16 Å². The molecule has 4 aliphatic rings. The van der Waals surface area contributed by atoms with Gasteiger partial charge in [-0.3, -0.25) is 0 Å². The van der Waals surface area contributed by atoms with Crippen LogP contribution < -0.4 is 0 Å². The molecule has 4 heteroatoms. The lowest BCUT2D eigenvalue weighted by atomic mass is 9.48. The van der Waals surface area contributed by atoms with Crippen LogP contribution in [0, 0.1) is 17.3 Å². The first kappa shape index (κ1) is 11.0. The summed E-state index contributed by atoms with van der Waals surface area (Å²) in [5.74, 6) is 1.51. The van der Waals surface area contributed by atoms with Crippen LogP contribution in [0.1, 0.15) is 38.5 Å². The smallest absolute Gasteiger partial charge is 0.0886 e. The van der Waals surface area contributed by atoms with E-state index in [4.69, 9.17) is 5.21 Å². The number of hydrogen-bond acceptors (Lipinski definition) is 3. The highest BCUT2D eigenvalue weighted by Crippen LogP contribution is 2.64. The van der Waals surface area contributed by atoms with Crippen LogP contribution in [0.25, 0.3) is 0 Å². The quantitative estimate of drug-likeness (QED) is 0.355. The van der Waals surface area contributed by atoms with Gasteiger partial charge in [-0.05, 0) is 50.4 Å². The van der Waals surface area contributed by atoms with Gasteiger partial charge in [0.05, 0.1) is 12.3 Å². The lowest BCUT2D eigenvalue weighted by Gasteiger charge is -2.60. The van der Waals surface area contributed by atoms with Gasteiger partial charge in [0.2, 0.25) is 0 Å². The average Bonchev–Trinajstić information content (AvgIpc) is 2.14. The Hall–Kier alpha value is -0.0900. The van der Waals surface area contributed by atoms with E-state index in [1.54, 1.807) is 0 Å². The van der Waals surface area contributed by atoms with E-state index in [1.807, 2.05) is 0 Å². The molecule has 0 amide bonds. The number of hydrogen-bond donors (Lipinski definition) is 2. The molecule has 3 nitrogen and oxygen atoms in total. The fraction of sp³-hybridized carbons (Fsp3) is 0.917. The van der Waals surface area contributed by atoms with Crippen molar-refractivity contribution < 1.29 is 10.3 Å². The molecular weight excluding hydrogens is 270 g/mol. The third kappa shape index (κ3) is 1.46. The molecule has 4 saturated carbocycles. The molecule has 16 heavy (non-hydrogen) atoms.